The van der Waals surface area contributed by atoms with Gasteiger partial charge < -0.3 is 20.3 Å². The van der Waals surface area contributed by atoms with Gasteiger partial charge in [0.25, 0.3) is 0 Å². The lowest BCUT2D eigenvalue weighted by atomic mass is 9.79. The van der Waals surface area contributed by atoms with Crippen LogP contribution in [-0.2, 0) is 9.53 Å². The van der Waals surface area contributed by atoms with Crippen LogP contribution < -0.4 is 10.6 Å². The van der Waals surface area contributed by atoms with Crippen molar-refractivity contribution in [1.29, 1.82) is 0 Å². The number of nitrogens with zero attached hydrogens (tertiary/aromatic N) is 1. The summed E-state index contributed by atoms with van der Waals surface area (Å²) in [5, 5.41) is 6.58. The Hall–Kier alpha value is -0.650. The number of nitrogens with one attached hydrogen (secondary N) is 2. The number of hydrogen-bond donors (Lipinski definition) is 2. The number of hydrogen-bond acceptors (Lipinski definition) is 4. The van der Waals surface area contributed by atoms with Gasteiger partial charge in [-0.2, -0.15) is 0 Å². The first-order chi connectivity index (χ1) is 9.65. The van der Waals surface area contributed by atoms with Crippen LogP contribution in [-0.4, -0.2) is 64.3 Å². The summed E-state index contributed by atoms with van der Waals surface area (Å²) in [7, 11) is 3.87. The van der Waals surface area contributed by atoms with E-state index >= 15 is 0 Å². The highest BCUT2D eigenvalue weighted by Crippen LogP contribution is 2.28. The predicted molar refractivity (Wildman–Crippen MR) is 79.6 cm³/mol. The molecule has 0 atom stereocenters. The minimum absolute atomic E-state index is 0.126. The third-order valence-electron chi connectivity index (χ3n) is 4.84. The Labute approximate surface area is 122 Å². The summed E-state index contributed by atoms with van der Waals surface area (Å²) in [6, 6.07) is 0. The number of ether oxygens (including phenoxy) is 1. The van der Waals surface area contributed by atoms with Gasteiger partial charge in [0.1, 0.15) is 0 Å². The standard InChI is InChI=1S/C15H29N3O2/c1-18-9-3-13(4-10-18)14(19)17-11-15(12-20-2)5-7-16-8-6-15/h13,16H,3-12H2,1-2H3,(H,17,19). The second-order valence-electron chi connectivity index (χ2n) is 6.48. The molecule has 0 aromatic rings. The average Bonchev–Trinajstić information content (AvgIpc) is 2.47. The Morgan fingerprint density at radius 2 is 2.00 bits per heavy atom. The van der Waals surface area contributed by atoms with Gasteiger partial charge in [-0.1, -0.05) is 0 Å². The molecule has 5 nitrogen and oxygen atoms in total. The van der Waals surface area contributed by atoms with E-state index in [2.05, 4.69) is 22.6 Å². The Bertz CT molecular complexity index is 303. The molecule has 1 amide bonds. The Kier molecular flexibility index (Phi) is 5.81. The topological polar surface area (TPSA) is 53.6 Å². The first kappa shape index (κ1) is 15.7. The molecule has 0 radical (unpaired) electrons. The fraction of sp³-hybridized carbons (Fsp3) is 0.933. The lowest BCUT2D eigenvalue weighted by Crippen LogP contribution is -2.49. The molecule has 0 bridgehead atoms. The third-order valence-corrected chi connectivity index (χ3v) is 4.84. The van der Waals surface area contributed by atoms with E-state index in [1.54, 1.807) is 7.11 Å². The number of carbonyl (C=O) groups is 1. The van der Waals surface area contributed by atoms with Crippen LogP contribution in [0.5, 0.6) is 0 Å². The van der Waals surface area contributed by atoms with E-state index in [9.17, 15) is 4.79 Å². The maximum Gasteiger partial charge on any atom is 0.223 e. The van der Waals surface area contributed by atoms with Crippen molar-refractivity contribution in [3.8, 4) is 0 Å². The monoisotopic (exact) mass is 283 g/mol. The van der Waals surface area contributed by atoms with Crippen molar-refractivity contribution >= 4 is 5.91 Å². The van der Waals surface area contributed by atoms with Gasteiger partial charge in [0.15, 0.2) is 0 Å². The molecule has 0 aromatic carbocycles. The molecule has 2 aliphatic rings. The lowest BCUT2D eigenvalue weighted by Gasteiger charge is -2.38. The van der Waals surface area contributed by atoms with E-state index in [0.717, 1.165) is 65.0 Å². The Morgan fingerprint density at radius 1 is 1.35 bits per heavy atom. The molecule has 5 heteroatoms. The molecule has 2 aliphatic heterocycles. The van der Waals surface area contributed by atoms with E-state index in [0.29, 0.717) is 0 Å². The maximum absolute atomic E-state index is 12.3. The molecule has 2 saturated heterocycles. The van der Waals surface area contributed by atoms with Crippen molar-refractivity contribution in [3.63, 3.8) is 0 Å². The molecule has 2 N–H and O–H groups in total. The second-order valence-corrected chi connectivity index (χ2v) is 6.48. The highest BCUT2D eigenvalue weighted by Gasteiger charge is 2.33. The normalized spacial score (nSPS) is 24.5. The zero-order valence-electron chi connectivity index (χ0n) is 12.9. The van der Waals surface area contributed by atoms with Crippen LogP contribution in [0.4, 0.5) is 0 Å². The van der Waals surface area contributed by atoms with Gasteiger partial charge in [0, 0.05) is 25.0 Å². The van der Waals surface area contributed by atoms with Gasteiger partial charge in [0.05, 0.1) is 6.61 Å². The fourth-order valence-corrected chi connectivity index (χ4v) is 3.33. The lowest BCUT2D eigenvalue weighted by molar-refractivity contribution is -0.127. The Morgan fingerprint density at radius 3 is 2.60 bits per heavy atom. The maximum atomic E-state index is 12.3. The van der Waals surface area contributed by atoms with Crippen LogP contribution in [0.1, 0.15) is 25.7 Å². The summed E-state index contributed by atoms with van der Waals surface area (Å²) in [5.41, 5.74) is 0.126. The number of amides is 1. The number of methoxy groups -OCH3 is 1. The fourth-order valence-electron chi connectivity index (χ4n) is 3.33. The number of piperidine rings is 2. The second kappa shape index (κ2) is 7.38. The molecular formula is C15H29N3O2. The van der Waals surface area contributed by atoms with Crippen molar-refractivity contribution in [1.82, 2.24) is 15.5 Å². The number of carbonyl (C=O) groups excluding carboxylic acids is 1. The van der Waals surface area contributed by atoms with Crippen molar-refractivity contribution in [2.75, 3.05) is 53.5 Å². The number of rotatable bonds is 5. The van der Waals surface area contributed by atoms with Crippen LogP contribution in [0, 0.1) is 11.3 Å². The molecular weight excluding hydrogens is 254 g/mol. The molecule has 0 aromatic heterocycles. The molecule has 0 unspecified atom stereocenters. The van der Waals surface area contributed by atoms with Crippen molar-refractivity contribution < 1.29 is 9.53 Å². The molecule has 0 aliphatic carbocycles. The largest absolute Gasteiger partial charge is 0.384 e. The molecule has 0 spiro atoms. The van der Waals surface area contributed by atoms with Gasteiger partial charge in [-0.3, -0.25) is 4.79 Å². The molecule has 0 saturated carbocycles. The van der Waals surface area contributed by atoms with Gasteiger partial charge >= 0.3 is 0 Å². The van der Waals surface area contributed by atoms with Gasteiger partial charge in [-0.05, 0) is 58.9 Å². The minimum atomic E-state index is 0.126. The van der Waals surface area contributed by atoms with E-state index in [1.807, 2.05) is 0 Å². The molecule has 20 heavy (non-hydrogen) atoms. The highest BCUT2D eigenvalue weighted by atomic mass is 16.5. The van der Waals surface area contributed by atoms with Crippen molar-refractivity contribution in [3.05, 3.63) is 0 Å². The molecule has 2 heterocycles. The summed E-state index contributed by atoms with van der Waals surface area (Å²) in [6.07, 6.45) is 4.13. The summed E-state index contributed by atoms with van der Waals surface area (Å²) < 4.78 is 5.39. The van der Waals surface area contributed by atoms with Crippen LogP contribution in [0.15, 0.2) is 0 Å². The molecule has 116 valence electrons. The zero-order chi connectivity index (χ0) is 14.4. The van der Waals surface area contributed by atoms with E-state index < -0.39 is 0 Å². The summed E-state index contributed by atoms with van der Waals surface area (Å²) in [6.45, 7) is 5.60. The summed E-state index contributed by atoms with van der Waals surface area (Å²) in [4.78, 5) is 14.6. The van der Waals surface area contributed by atoms with Gasteiger partial charge in [0.2, 0.25) is 5.91 Å². The molecule has 2 rings (SSSR count). The average molecular weight is 283 g/mol. The van der Waals surface area contributed by atoms with Crippen molar-refractivity contribution in [2.24, 2.45) is 11.3 Å². The van der Waals surface area contributed by atoms with Crippen molar-refractivity contribution in [2.45, 2.75) is 25.7 Å². The first-order valence-corrected chi connectivity index (χ1v) is 7.81. The highest BCUT2D eigenvalue weighted by molar-refractivity contribution is 5.78. The van der Waals surface area contributed by atoms with E-state index in [4.69, 9.17) is 4.74 Å². The van der Waals surface area contributed by atoms with Gasteiger partial charge in [-0.25, -0.2) is 0 Å². The summed E-state index contributed by atoms with van der Waals surface area (Å²) in [5.74, 6) is 0.444. The Balaban J connectivity index is 1.81. The van der Waals surface area contributed by atoms with Crippen LogP contribution >= 0.6 is 0 Å². The van der Waals surface area contributed by atoms with Gasteiger partial charge in [-0.15, -0.1) is 0 Å². The summed E-state index contributed by atoms with van der Waals surface area (Å²) >= 11 is 0. The van der Waals surface area contributed by atoms with E-state index in [1.165, 1.54) is 0 Å². The molecule has 2 fully saturated rings. The predicted octanol–water partition coefficient (Wildman–Crippen LogP) is 0.461. The minimum Gasteiger partial charge on any atom is -0.384 e. The SMILES string of the molecule is COCC1(CNC(=O)C2CCN(C)CC2)CCNCC1. The van der Waals surface area contributed by atoms with Crippen LogP contribution in [0.2, 0.25) is 0 Å². The number of likely N-dealkylation sites (tertiary alicyclic amines) is 1. The third kappa shape index (κ3) is 4.17. The van der Waals surface area contributed by atoms with E-state index in [-0.39, 0.29) is 17.2 Å². The zero-order valence-corrected chi connectivity index (χ0v) is 12.9. The smallest absolute Gasteiger partial charge is 0.223 e. The quantitative estimate of drug-likeness (QED) is 0.770. The van der Waals surface area contributed by atoms with Crippen LogP contribution in [0.25, 0.3) is 0 Å². The first-order valence-electron chi connectivity index (χ1n) is 7.81. The van der Waals surface area contributed by atoms with Crippen LogP contribution in [0.3, 0.4) is 0 Å².